The number of nitro groups is 1. The molecule has 0 saturated heterocycles. The number of carbonyl (C=O) groups is 1. The maximum absolute atomic E-state index is 12.4. The Labute approximate surface area is 221 Å². The van der Waals surface area contributed by atoms with Crippen molar-refractivity contribution in [3.63, 3.8) is 0 Å². The van der Waals surface area contributed by atoms with Gasteiger partial charge >= 0.3 is 0 Å². The van der Waals surface area contributed by atoms with E-state index < -0.39 is 4.92 Å². The number of hydrogen-bond donors (Lipinski definition) is 1. The topological polar surface area (TPSA) is 90.1 Å². The Morgan fingerprint density at radius 2 is 1.54 bits per heavy atom. The van der Waals surface area contributed by atoms with Crippen LogP contribution in [-0.2, 0) is 6.54 Å². The first-order valence-corrected chi connectivity index (χ1v) is 13.3. The van der Waals surface area contributed by atoms with E-state index in [9.17, 15) is 14.9 Å². The quantitative estimate of drug-likeness (QED) is 0.110. The summed E-state index contributed by atoms with van der Waals surface area (Å²) in [5.74, 6) is 0.552. The van der Waals surface area contributed by atoms with Crippen molar-refractivity contribution in [2.45, 2.75) is 38.9 Å². The van der Waals surface area contributed by atoms with E-state index in [0.717, 1.165) is 46.4 Å². The Balaban J connectivity index is 1.46. The molecule has 0 atom stereocenters. The van der Waals surface area contributed by atoms with Gasteiger partial charge in [-0.1, -0.05) is 71.4 Å². The Bertz CT molecular complexity index is 1380. The average Bonchev–Trinajstić information content (AvgIpc) is 3.27. The van der Waals surface area contributed by atoms with Gasteiger partial charge in [-0.2, -0.15) is 0 Å². The summed E-state index contributed by atoms with van der Waals surface area (Å²) in [6, 6.07) is 22.6. The smallest absolute Gasteiger partial charge is 0.269 e. The molecule has 0 aliphatic carbocycles. The minimum Gasteiger partial charge on any atom is -0.352 e. The van der Waals surface area contributed by atoms with Crippen molar-refractivity contribution < 1.29 is 9.72 Å². The molecule has 1 N–H and O–H groups in total. The number of thioether (sulfide) groups is 1. The van der Waals surface area contributed by atoms with Crippen molar-refractivity contribution in [1.82, 2.24) is 14.9 Å². The van der Waals surface area contributed by atoms with E-state index >= 15 is 0 Å². The number of imidazole rings is 1. The maximum Gasteiger partial charge on any atom is 0.269 e. The van der Waals surface area contributed by atoms with E-state index in [0.29, 0.717) is 12.1 Å². The Morgan fingerprint density at radius 3 is 2.11 bits per heavy atom. The number of nitrogens with zero attached hydrogens (tertiary/aromatic N) is 3. The lowest BCUT2D eigenvalue weighted by Crippen LogP contribution is -2.24. The molecule has 0 spiro atoms. The third kappa shape index (κ3) is 6.27. The summed E-state index contributed by atoms with van der Waals surface area (Å²) in [6.45, 7) is 7.60. The first-order chi connectivity index (χ1) is 17.9. The molecule has 8 heteroatoms. The van der Waals surface area contributed by atoms with Crippen LogP contribution < -0.4 is 5.32 Å². The number of carbonyl (C=O) groups excluding carboxylic acids is 1. The number of benzene rings is 3. The molecule has 1 amide bonds. The molecular formula is C29H30N4O3S. The van der Waals surface area contributed by atoms with Gasteiger partial charge in [0.1, 0.15) is 0 Å². The number of aromatic nitrogens is 2. The second-order valence-corrected chi connectivity index (χ2v) is 9.89. The lowest BCUT2D eigenvalue weighted by molar-refractivity contribution is -0.384. The van der Waals surface area contributed by atoms with Crippen LogP contribution in [0, 0.1) is 24.0 Å². The van der Waals surface area contributed by atoms with Crippen LogP contribution in [-0.4, -0.2) is 32.7 Å². The molecule has 7 nitrogen and oxygen atoms in total. The summed E-state index contributed by atoms with van der Waals surface area (Å²) in [4.78, 5) is 27.7. The second-order valence-electron chi connectivity index (χ2n) is 8.83. The van der Waals surface area contributed by atoms with Crippen molar-refractivity contribution in [1.29, 1.82) is 0 Å². The summed E-state index contributed by atoms with van der Waals surface area (Å²) in [6.07, 6.45) is 0.764. The van der Waals surface area contributed by atoms with Crippen LogP contribution >= 0.6 is 11.8 Å². The summed E-state index contributed by atoms with van der Waals surface area (Å²) >= 11 is 1.68. The highest BCUT2D eigenvalue weighted by atomic mass is 32.2. The third-order valence-corrected chi connectivity index (χ3v) is 7.14. The van der Waals surface area contributed by atoms with Crippen LogP contribution in [0.2, 0.25) is 0 Å². The van der Waals surface area contributed by atoms with Crippen molar-refractivity contribution >= 4 is 23.4 Å². The third-order valence-electron chi connectivity index (χ3n) is 6.08. The van der Waals surface area contributed by atoms with Gasteiger partial charge in [-0.3, -0.25) is 14.9 Å². The molecule has 0 unspecified atom stereocenters. The molecule has 0 fully saturated rings. The highest BCUT2D eigenvalue weighted by Crippen LogP contribution is 2.36. The fourth-order valence-corrected chi connectivity index (χ4v) is 5.03. The lowest BCUT2D eigenvalue weighted by Gasteiger charge is -2.11. The normalized spacial score (nSPS) is 10.9. The van der Waals surface area contributed by atoms with Gasteiger partial charge < -0.3 is 9.88 Å². The number of rotatable bonds is 10. The van der Waals surface area contributed by atoms with E-state index in [1.54, 1.807) is 11.8 Å². The molecule has 4 aromatic rings. The molecule has 0 aliphatic heterocycles. The van der Waals surface area contributed by atoms with Gasteiger partial charge in [0, 0.05) is 47.7 Å². The van der Waals surface area contributed by atoms with Crippen LogP contribution in [0.25, 0.3) is 22.5 Å². The molecule has 0 radical (unpaired) electrons. The van der Waals surface area contributed by atoms with Crippen molar-refractivity contribution in [2.24, 2.45) is 0 Å². The molecule has 1 aromatic heterocycles. The molecular weight excluding hydrogens is 484 g/mol. The van der Waals surface area contributed by atoms with Crippen LogP contribution in [0.3, 0.4) is 0 Å². The maximum atomic E-state index is 12.4. The van der Waals surface area contributed by atoms with Crippen LogP contribution in [0.5, 0.6) is 0 Å². The van der Waals surface area contributed by atoms with Crippen LogP contribution in [0.1, 0.15) is 34.8 Å². The highest BCUT2D eigenvalue weighted by molar-refractivity contribution is 7.99. The second kappa shape index (κ2) is 11.9. The average molecular weight is 515 g/mol. The number of non-ortho nitro benzene ring substituents is 1. The van der Waals surface area contributed by atoms with Crippen LogP contribution in [0.15, 0.2) is 78.0 Å². The summed E-state index contributed by atoms with van der Waals surface area (Å²) in [5.41, 5.74) is 7.11. The number of hydrogen-bond acceptors (Lipinski definition) is 5. The van der Waals surface area contributed by atoms with E-state index in [2.05, 4.69) is 79.2 Å². The zero-order chi connectivity index (χ0) is 26.4. The standard InChI is InChI=1S/C29H30N4O3S/c1-4-32-27(23-12-8-21(3)9-13-23)26(22-10-6-20(2)7-11-22)31-29(32)37-19-5-18-30-28(34)24-14-16-25(17-15-24)33(35)36/h6-17H,4-5,18-19H2,1-3H3,(H,30,34). The minimum atomic E-state index is -0.479. The zero-order valence-electron chi connectivity index (χ0n) is 21.2. The highest BCUT2D eigenvalue weighted by Gasteiger charge is 2.19. The molecule has 0 bridgehead atoms. The molecule has 190 valence electrons. The number of nitrogens with one attached hydrogen (secondary N) is 1. The minimum absolute atomic E-state index is 0.0330. The van der Waals surface area contributed by atoms with Gasteiger partial charge in [0.15, 0.2) is 5.16 Å². The molecule has 37 heavy (non-hydrogen) atoms. The number of aryl methyl sites for hydroxylation is 2. The lowest BCUT2D eigenvalue weighted by atomic mass is 10.0. The zero-order valence-corrected chi connectivity index (χ0v) is 22.0. The SMILES string of the molecule is CCn1c(SCCCNC(=O)c2ccc([N+](=O)[O-])cc2)nc(-c2ccc(C)cc2)c1-c1ccc(C)cc1. The van der Waals surface area contributed by atoms with Gasteiger partial charge in [0.05, 0.1) is 16.3 Å². The predicted octanol–water partition coefficient (Wildman–Crippen LogP) is 6.67. The molecule has 4 rings (SSSR count). The predicted molar refractivity (Wildman–Crippen MR) is 149 cm³/mol. The van der Waals surface area contributed by atoms with Crippen molar-refractivity contribution in [2.75, 3.05) is 12.3 Å². The van der Waals surface area contributed by atoms with E-state index in [-0.39, 0.29) is 11.6 Å². The van der Waals surface area contributed by atoms with E-state index in [4.69, 9.17) is 4.98 Å². The summed E-state index contributed by atoms with van der Waals surface area (Å²) < 4.78 is 2.26. The monoisotopic (exact) mass is 514 g/mol. The summed E-state index contributed by atoms with van der Waals surface area (Å²) in [7, 11) is 0. The number of nitro benzene ring substituents is 1. The van der Waals surface area contributed by atoms with Gasteiger partial charge in [-0.15, -0.1) is 0 Å². The first-order valence-electron chi connectivity index (χ1n) is 12.3. The van der Waals surface area contributed by atoms with Gasteiger partial charge in [-0.25, -0.2) is 4.98 Å². The van der Waals surface area contributed by atoms with Crippen molar-refractivity contribution in [3.8, 4) is 22.5 Å². The fraction of sp³-hybridized carbons (Fsp3) is 0.241. The Kier molecular flexibility index (Phi) is 8.40. The van der Waals surface area contributed by atoms with Gasteiger partial charge in [-0.05, 0) is 39.3 Å². The first kappa shape index (κ1) is 26.2. The van der Waals surface area contributed by atoms with Gasteiger partial charge in [0.2, 0.25) is 0 Å². The van der Waals surface area contributed by atoms with E-state index in [1.807, 2.05) is 0 Å². The van der Waals surface area contributed by atoms with E-state index in [1.165, 1.54) is 35.4 Å². The molecule has 0 saturated carbocycles. The van der Waals surface area contributed by atoms with Gasteiger partial charge in [0.25, 0.3) is 11.6 Å². The molecule has 0 aliphatic rings. The van der Waals surface area contributed by atoms with Crippen LogP contribution in [0.4, 0.5) is 5.69 Å². The summed E-state index contributed by atoms with van der Waals surface area (Å²) in [5, 5.41) is 14.6. The molecule has 1 heterocycles. The number of amides is 1. The van der Waals surface area contributed by atoms with Crippen molar-refractivity contribution in [3.05, 3.63) is 99.6 Å². The Hall–Kier alpha value is -3.91. The molecule has 3 aromatic carbocycles. The Morgan fingerprint density at radius 1 is 0.946 bits per heavy atom. The largest absolute Gasteiger partial charge is 0.352 e. The fourth-order valence-electron chi connectivity index (χ4n) is 4.03.